The van der Waals surface area contributed by atoms with E-state index in [0.29, 0.717) is 0 Å². The molecule has 3 atom stereocenters. The van der Waals surface area contributed by atoms with E-state index in [0.717, 1.165) is 0 Å². The van der Waals surface area contributed by atoms with E-state index in [2.05, 4.69) is 10.1 Å². The molecule has 1 heterocycles. The monoisotopic (exact) mass is 288 g/mol. The van der Waals surface area contributed by atoms with Crippen molar-refractivity contribution in [1.82, 2.24) is 10.2 Å². The quantitative estimate of drug-likeness (QED) is 0.416. The third kappa shape index (κ3) is 4.27. The Labute approximate surface area is 116 Å². The van der Waals surface area contributed by atoms with Crippen LogP contribution in [0.2, 0.25) is 0 Å². The summed E-state index contributed by atoms with van der Waals surface area (Å²) in [5.41, 5.74) is 0.228. The summed E-state index contributed by atoms with van der Waals surface area (Å²) in [7, 11) is 1.22. The second-order valence-corrected chi connectivity index (χ2v) is 4.59. The van der Waals surface area contributed by atoms with Crippen LogP contribution in [0.4, 0.5) is 0 Å². The number of aliphatic hydroxyl groups is 3. The molecule has 0 aromatic carbocycles. The summed E-state index contributed by atoms with van der Waals surface area (Å²) in [6, 6.07) is 0. The molecule has 1 rings (SSSR count). The maximum Gasteiger partial charge on any atom is 0.334 e. The number of hydrogen-bond acceptors (Lipinski definition) is 7. The van der Waals surface area contributed by atoms with Crippen LogP contribution in [-0.2, 0) is 14.3 Å². The van der Waals surface area contributed by atoms with Crippen LogP contribution >= 0.6 is 0 Å². The molecule has 0 saturated heterocycles. The lowest BCUT2D eigenvalue weighted by molar-refractivity contribution is -0.137. The Kier molecular flexibility index (Phi) is 6.08. The van der Waals surface area contributed by atoms with E-state index in [-0.39, 0.29) is 24.6 Å². The molecule has 0 spiro atoms. The molecule has 1 amide bonds. The predicted octanol–water partition coefficient (Wildman–Crippen LogP) is -2.42. The highest BCUT2D eigenvalue weighted by Crippen LogP contribution is 2.17. The van der Waals surface area contributed by atoms with Gasteiger partial charge in [0.15, 0.2) is 0 Å². The van der Waals surface area contributed by atoms with Crippen molar-refractivity contribution in [3.8, 4) is 0 Å². The first kappa shape index (κ1) is 16.6. The molecule has 0 unspecified atom stereocenters. The van der Waals surface area contributed by atoms with Gasteiger partial charge in [-0.2, -0.15) is 0 Å². The largest absolute Gasteiger partial charge is 0.466 e. The Hall–Kier alpha value is -1.48. The molecular formula is C12H20N2O6. The minimum absolute atomic E-state index is 0.00710. The number of β-amino-alcohol motifs (C(OH)–C–C–N with tert-alkyl or cyclic N) is 1. The van der Waals surface area contributed by atoms with Crippen molar-refractivity contribution in [2.24, 2.45) is 0 Å². The van der Waals surface area contributed by atoms with Crippen LogP contribution in [0.25, 0.3) is 0 Å². The lowest BCUT2D eigenvalue weighted by Gasteiger charge is -2.38. The fourth-order valence-corrected chi connectivity index (χ4v) is 2.04. The van der Waals surface area contributed by atoms with Gasteiger partial charge in [0.05, 0.1) is 19.8 Å². The first-order chi connectivity index (χ1) is 9.38. The van der Waals surface area contributed by atoms with Crippen LogP contribution in [0, 0.1) is 0 Å². The first-order valence-corrected chi connectivity index (χ1v) is 6.16. The Bertz CT molecular complexity index is 397. The van der Waals surface area contributed by atoms with Crippen LogP contribution < -0.4 is 5.32 Å². The average molecular weight is 288 g/mol. The minimum atomic E-state index is -1.12. The number of nitrogens with zero attached hydrogens (tertiary/aromatic N) is 1. The number of aliphatic hydroxyl groups excluding tert-OH is 3. The molecule has 0 aliphatic carbocycles. The Morgan fingerprint density at radius 3 is 2.75 bits per heavy atom. The fraction of sp³-hybridized carbons (Fsp3) is 0.667. The topological polar surface area (TPSA) is 119 Å². The van der Waals surface area contributed by atoms with Crippen LogP contribution in [-0.4, -0.2) is 77.3 Å². The smallest absolute Gasteiger partial charge is 0.334 e. The number of methoxy groups -OCH3 is 1. The average Bonchev–Trinajstić information content (AvgIpc) is 2.40. The van der Waals surface area contributed by atoms with Crippen LogP contribution in [0.1, 0.15) is 6.92 Å². The van der Waals surface area contributed by atoms with Gasteiger partial charge < -0.3 is 25.4 Å². The third-order valence-electron chi connectivity index (χ3n) is 2.92. The van der Waals surface area contributed by atoms with Gasteiger partial charge in [-0.25, -0.2) is 4.79 Å². The molecular weight excluding hydrogens is 268 g/mol. The standard InChI is InChI=1S/C12H20N2O6/c1-7(16)13-11-10(18)3-8(12(19)20-2)4-14(11)5-9(17)6-15/h3,9-11,15,17-18H,4-6H2,1-2H3,(H,13,16)/t9-,10+,11+/m1/s1. The molecule has 114 valence electrons. The van der Waals surface area contributed by atoms with Gasteiger partial charge in [-0.3, -0.25) is 9.69 Å². The van der Waals surface area contributed by atoms with Crippen LogP contribution in [0.15, 0.2) is 11.6 Å². The maximum absolute atomic E-state index is 11.5. The molecule has 0 aromatic rings. The summed E-state index contributed by atoms with van der Waals surface area (Å²) in [6.07, 6.45) is -1.63. The van der Waals surface area contributed by atoms with Crippen molar-refractivity contribution in [3.05, 3.63) is 11.6 Å². The molecule has 8 heteroatoms. The molecule has 1 aliphatic heterocycles. The van der Waals surface area contributed by atoms with E-state index in [9.17, 15) is 19.8 Å². The van der Waals surface area contributed by atoms with Crippen molar-refractivity contribution in [2.75, 3.05) is 26.8 Å². The Morgan fingerprint density at radius 1 is 1.60 bits per heavy atom. The van der Waals surface area contributed by atoms with Crippen molar-refractivity contribution < 1.29 is 29.6 Å². The van der Waals surface area contributed by atoms with E-state index in [1.807, 2.05) is 0 Å². The van der Waals surface area contributed by atoms with Gasteiger partial charge in [-0.1, -0.05) is 0 Å². The zero-order valence-electron chi connectivity index (χ0n) is 11.4. The van der Waals surface area contributed by atoms with Gasteiger partial charge in [0.2, 0.25) is 5.91 Å². The number of hydrogen-bond donors (Lipinski definition) is 4. The second kappa shape index (κ2) is 7.34. The zero-order valence-corrected chi connectivity index (χ0v) is 11.4. The molecule has 20 heavy (non-hydrogen) atoms. The van der Waals surface area contributed by atoms with Gasteiger partial charge >= 0.3 is 5.97 Å². The number of esters is 1. The van der Waals surface area contributed by atoms with E-state index in [1.54, 1.807) is 0 Å². The number of carbonyl (C=O) groups is 2. The predicted molar refractivity (Wildman–Crippen MR) is 68.4 cm³/mol. The molecule has 0 saturated carbocycles. The molecule has 0 radical (unpaired) electrons. The fourth-order valence-electron chi connectivity index (χ4n) is 2.04. The zero-order chi connectivity index (χ0) is 15.3. The number of nitrogens with one attached hydrogen (secondary N) is 1. The lowest BCUT2D eigenvalue weighted by atomic mass is 10.0. The van der Waals surface area contributed by atoms with Crippen molar-refractivity contribution >= 4 is 11.9 Å². The number of carbonyl (C=O) groups excluding carboxylic acids is 2. The summed E-state index contributed by atoms with van der Waals surface area (Å²) in [6.45, 7) is 0.919. The SMILES string of the molecule is COC(=O)C1=C[C@H](O)[C@@H](NC(C)=O)N(C[C@@H](O)CO)C1. The van der Waals surface area contributed by atoms with Gasteiger partial charge in [0, 0.05) is 25.6 Å². The Balaban J connectivity index is 2.92. The summed E-state index contributed by atoms with van der Waals surface area (Å²) in [5.74, 6) is -0.943. The van der Waals surface area contributed by atoms with Gasteiger partial charge in [-0.05, 0) is 6.08 Å². The van der Waals surface area contributed by atoms with Gasteiger partial charge in [0.25, 0.3) is 0 Å². The minimum Gasteiger partial charge on any atom is -0.466 e. The molecule has 8 nitrogen and oxygen atoms in total. The second-order valence-electron chi connectivity index (χ2n) is 4.59. The third-order valence-corrected chi connectivity index (χ3v) is 2.92. The normalized spacial score (nSPS) is 24.8. The molecule has 4 N–H and O–H groups in total. The number of rotatable bonds is 5. The summed E-state index contributed by atoms with van der Waals surface area (Å²) >= 11 is 0. The molecule has 0 bridgehead atoms. The van der Waals surface area contributed by atoms with Gasteiger partial charge in [0.1, 0.15) is 12.3 Å². The van der Waals surface area contributed by atoms with E-state index < -0.39 is 30.9 Å². The van der Waals surface area contributed by atoms with Crippen LogP contribution in [0.3, 0.4) is 0 Å². The van der Waals surface area contributed by atoms with E-state index in [4.69, 9.17) is 5.11 Å². The number of amides is 1. The highest BCUT2D eigenvalue weighted by atomic mass is 16.5. The van der Waals surface area contributed by atoms with E-state index in [1.165, 1.54) is 25.0 Å². The highest BCUT2D eigenvalue weighted by molar-refractivity contribution is 5.89. The molecule has 0 aromatic heterocycles. The van der Waals surface area contributed by atoms with Crippen molar-refractivity contribution in [1.29, 1.82) is 0 Å². The molecule has 1 aliphatic rings. The lowest BCUT2D eigenvalue weighted by Crippen LogP contribution is -2.59. The molecule has 0 fully saturated rings. The summed E-state index contributed by atoms with van der Waals surface area (Å²) in [4.78, 5) is 24.2. The van der Waals surface area contributed by atoms with E-state index >= 15 is 0 Å². The maximum atomic E-state index is 11.5. The van der Waals surface area contributed by atoms with Gasteiger partial charge in [-0.15, -0.1) is 0 Å². The van der Waals surface area contributed by atoms with Crippen LogP contribution in [0.5, 0.6) is 0 Å². The first-order valence-electron chi connectivity index (χ1n) is 6.16. The summed E-state index contributed by atoms with van der Waals surface area (Å²) < 4.78 is 4.59. The van der Waals surface area contributed by atoms with Crippen molar-refractivity contribution in [3.63, 3.8) is 0 Å². The number of ether oxygens (including phenoxy) is 1. The highest BCUT2D eigenvalue weighted by Gasteiger charge is 2.34. The summed E-state index contributed by atoms with van der Waals surface area (Å²) in [5, 5.41) is 30.9. The Morgan fingerprint density at radius 2 is 2.25 bits per heavy atom. The van der Waals surface area contributed by atoms with Crippen molar-refractivity contribution in [2.45, 2.75) is 25.3 Å².